The lowest BCUT2D eigenvalue weighted by Gasteiger charge is -2.31. The first-order valence-corrected chi connectivity index (χ1v) is 13.1. The van der Waals surface area contributed by atoms with E-state index in [1.54, 1.807) is 19.1 Å². The van der Waals surface area contributed by atoms with E-state index in [1.807, 2.05) is 6.07 Å². The molecule has 3 aromatic rings. The molecule has 0 saturated heterocycles. The number of imide groups is 1. The number of amides is 2. The minimum absolute atomic E-state index is 0.0502. The lowest BCUT2D eigenvalue weighted by Crippen LogP contribution is -2.44. The Hall–Kier alpha value is -4.31. The summed E-state index contributed by atoms with van der Waals surface area (Å²) in [7, 11) is 0. The SMILES string of the molecule is CC[C@@]1(O)C(=O)OCc2c1cc1n(c2=O)Cc2cc3c(CN4C(=O)C5=C(CCCC5)C4=O)c(O)ccc3nc2-1. The summed E-state index contributed by atoms with van der Waals surface area (Å²) >= 11 is 0. The van der Waals surface area contributed by atoms with Crippen LogP contribution in [0.4, 0.5) is 0 Å². The Balaban J connectivity index is 1.33. The van der Waals surface area contributed by atoms with E-state index >= 15 is 0 Å². The summed E-state index contributed by atoms with van der Waals surface area (Å²) in [5.41, 5.74) is 2.00. The highest BCUT2D eigenvalue weighted by molar-refractivity contribution is 6.19. The van der Waals surface area contributed by atoms with Gasteiger partial charge in [0.1, 0.15) is 12.4 Å². The number of fused-ring (bicyclic) bond motifs is 5. The van der Waals surface area contributed by atoms with Crippen molar-refractivity contribution in [3.05, 3.63) is 68.0 Å². The Kier molecular flexibility index (Phi) is 4.94. The van der Waals surface area contributed by atoms with Crippen molar-refractivity contribution in [3.63, 3.8) is 0 Å². The molecule has 198 valence electrons. The third-order valence-corrected chi connectivity index (χ3v) is 8.57. The molecule has 2 amide bonds. The van der Waals surface area contributed by atoms with Crippen molar-refractivity contribution in [2.45, 2.75) is 64.3 Å². The average molecular weight is 528 g/mol. The second-order valence-corrected chi connectivity index (χ2v) is 10.6. The van der Waals surface area contributed by atoms with Gasteiger partial charge in [0.05, 0.1) is 35.6 Å². The molecule has 1 aliphatic carbocycles. The zero-order valence-corrected chi connectivity index (χ0v) is 21.2. The molecule has 7 rings (SSSR count). The van der Waals surface area contributed by atoms with E-state index in [9.17, 15) is 29.4 Å². The molecule has 0 saturated carbocycles. The molecule has 1 aromatic carbocycles. The van der Waals surface area contributed by atoms with Crippen LogP contribution < -0.4 is 5.56 Å². The van der Waals surface area contributed by atoms with E-state index in [0.717, 1.165) is 12.8 Å². The van der Waals surface area contributed by atoms with Gasteiger partial charge >= 0.3 is 5.97 Å². The first-order valence-electron chi connectivity index (χ1n) is 13.1. The maximum Gasteiger partial charge on any atom is 0.343 e. The predicted octanol–water partition coefficient (Wildman–Crippen LogP) is 2.52. The van der Waals surface area contributed by atoms with E-state index < -0.39 is 11.6 Å². The van der Waals surface area contributed by atoms with Gasteiger partial charge in [0.2, 0.25) is 0 Å². The van der Waals surface area contributed by atoms with Crippen molar-refractivity contribution in [2.75, 3.05) is 0 Å². The summed E-state index contributed by atoms with van der Waals surface area (Å²) in [5.74, 6) is -1.44. The average Bonchev–Trinajstić information content (AvgIpc) is 3.42. The molecule has 2 aromatic heterocycles. The lowest BCUT2D eigenvalue weighted by atomic mass is 9.86. The summed E-state index contributed by atoms with van der Waals surface area (Å²) in [6.07, 6.45) is 2.98. The van der Waals surface area contributed by atoms with Crippen LogP contribution in [-0.2, 0) is 44.4 Å². The maximum atomic E-state index is 13.4. The number of rotatable bonds is 3. The molecule has 0 fully saturated rings. The quantitative estimate of drug-likeness (QED) is 0.306. The number of phenolic OH excluding ortho intramolecular Hbond substituents is 1. The van der Waals surface area contributed by atoms with E-state index in [-0.39, 0.29) is 60.4 Å². The fraction of sp³-hybridized carbons (Fsp3) is 0.345. The third-order valence-electron chi connectivity index (χ3n) is 8.57. The number of nitrogens with zero attached hydrogens (tertiary/aromatic N) is 3. The minimum Gasteiger partial charge on any atom is -0.508 e. The number of carbonyl (C=O) groups excluding carboxylic acids is 3. The van der Waals surface area contributed by atoms with E-state index in [4.69, 9.17) is 9.72 Å². The highest BCUT2D eigenvalue weighted by Gasteiger charge is 2.45. The van der Waals surface area contributed by atoms with E-state index in [0.29, 0.717) is 57.4 Å². The molecule has 2 N–H and O–H groups in total. The van der Waals surface area contributed by atoms with Crippen LogP contribution in [0.3, 0.4) is 0 Å². The number of hydrogen-bond donors (Lipinski definition) is 2. The van der Waals surface area contributed by atoms with Crippen LogP contribution in [-0.4, -0.2) is 42.4 Å². The van der Waals surface area contributed by atoms with Crippen molar-refractivity contribution in [3.8, 4) is 17.1 Å². The maximum absolute atomic E-state index is 13.4. The minimum atomic E-state index is -1.91. The first kappa shape index (κ1) is 23.8. The molecule has 39 heavy (non-hydrogen) atoms. The number of phenols is 1. The summed E-state index contributed by atoms with van der Waals surface area (Å²) in [5, 5.41) is 22.4. The van der Waals surface area contributed by atoms with Crippen LogP contribution in [0.2, 0.25) is 0 Å². The van der Waals surface area contributed by atoms with Gasteiger partial charge in [-0.1, -0.05) is 6.92 Å². The van der Waals surface area contributed by atoms with Crippen LogP contribution in [0.15, 0.2) is 40.2 Å². The molecular weight excluding hydrogens is 502 g/mol. The van der Waals surface area contributed by atoms with Crippen LogP contribution >= 0.6 is 0 Å². The second kappa shape index (κ2) is 8.09. The fourth-order valence-electron chi connectivity index (χ4n) is 6.36. The van der Waals surface area contributed by atoms with Crippen molar-refractivity contribution >= 4 is 28.7 Å². The molecule has 4 aliphatic rings. The van der Waals surface area contributed by atoms with Gasteiger partial charge in [0.15, 0.2) is 5.60 Å². The number of aromatic nitrogens is 2. The van der Waals surface area contributed by atoms with Crippen molar-refractivity contribution in [1.29, 1.82) is 0 Å². The van der Waals surface area contributed by atoms with Crippen LogP contribution in [0, 0.1) is 0 Å². The first-order chi connectivity index (χ1) is 18.7. The predicted molar refractivity (Wildman–Crippen MR) is 137 cm³/mol. The van der Waals surface area contributed by atoms with E-state index in [2.05, 4.69) is 0 Å². The third kappa shape index (κ3) is 3.15. The van der Waals surface area contributed by atoms with Crippen LogP contribution in [0.1, 0.15) is 61.3 Å². The zero-order chi connectivity index (χ0) is 27.2. The molecule has 0 unspecified atom stereocenters. The highest BCUT2D eigenvalue weighted by Crippen LogP contribution is 2.41. The Labute approximate surface area is 222 Å². The Morgan fingerprint density at radius 1 is 1.05 bits per heavy atom. The molecule has 5 heterocycles. The highest BCUT2D eigenvalue weighted by atomic mass is 16.6. The number of pyridine rings is 2. The van der Waals surface area contributed by atoms with E-state index in [1.165, 1.54) is 15.5 Å². The van der Waals surface area contributed by atoms with Crippen molar-refractivity contribution in [1.82, 2.24) is 14.5 Å². The summed E-state index contributed by atoms with van der Waals surface area (Å²) < 4.78 is 6.66. The Bertz CT molecular complexity index is 1740. The monoisotopic (exact) mass is 527 g/mol. The summed E-state index contributed by atoms with van der Waals surface area (Å²) in [6, 6.07) is 6.59. The normalized spacial score (nSPS) is 21.7. The lowest BCUT2D eigenvalue weighted by molar-refractivity contribution is -0.172. The number of aromatic hydroxyl groups is 1. The zero-order valence-electron chi connectivity index (χ0n) is 21.2. The van der Waals surface area contributed by atoms with Crippen LogP contribution in [0.5, 0.6) is 5.75 Å². The molecule has 0 spiro atoms. The number of carbonyl (C=O) groups is 3. The second-order valence-electron chi connectivity index (χ2n) is 10.6. The van der Waals surface area contributed by atoms with Gasteiger partial charge < -0.3 is 19.5 Å². The standard InChI is InChI=1S/C29H25N3O7/c1-2-29(38)20-10-22-24-14(11-31(22)27(36)19(20)13-39-28(29)37)9-17-18(23(33)8-7-21(17)30-24)12-32-25(34)15-5-3-4-6-16(15)26(32)35/h7-10,33,38H,2-6,11-13H2,1H3/t29-/m0/s1. The number of hydrogen-bond acceptors (Lipinski definition) is 8. The fourth-order valence-corrected chi connectivity index (χ4v) is 6.36. The molecule has 10 nitrogen and oxygen atoms in total. The Morgan fingerprint density at radius 3 is 2.46 bits per heavy atom. The van der Waals surface area contributed by atoms with Gasteiger partial charge in [0.25, 0.3) is 17.4 Å². The smallest absolute Gasteiger partial charge is 0.343 e. The summed E-state index contributed by atoms with van der Waals surface area (Å²) in [4.78, 5) is 58.0. The molecule has 0 radical (unpaired) electrons. The molecule has 10 heteroatoms. The number of benzene rings is 1. The van der Waals surface area contributed by atoms with Gasteiger partial charge in [-0.3, -0.25) is 19.3 Å². The largest absolute Gasteiger partial charge is 0.508 e. The topological polar surface area (TPSA) is 139 Å². The molecule has 3 aliphatic heterocycles. The van der Waals surface area contributed by atoms with Crippen molar-refractivity contribution in [2.24, 2.45) is 0 Å². The summed E-state index contributed by atoms with van der Waals surface area (Å²) in [6.45, 7) is 1.55. The van der Waals surface area contributed by atoms with Gasteiger partial charge in [-0.05, 0) is 56.4 Å². The number of aliphatic hydroxyl groups is 1. The van der Waals surface area contributed by atoms with Gasteiger partial charge in [-0.15, -0.1) is 0 Å². The van der Waals surface area contributed by atoms with Gasteiger partial charge in [-0.2, -0.15) is 0 Å². The number of ether oxygens (including phenoxy) is 1. The number of esters is 1. The van der Waals surface area contributed by atoms with Gasteiger partial charge in [0, 0.05) is 33.2 Å². The molecule has 1 atom stereocenters. The molecule has 0 bridgehead atoms. The van der Waals surface area contributed by atoms with Crippen LogP contribution in [0.25, 0.3) is 22.3 Å². The molecular formula is C29H25N3O7. The van der Waals surface area contributed by atoms with Gasteiger partial charge in [-0.25, -0.2) is 9.78 Å². The van der Waals surface area contributed by atoms with Crippen molar-refractivity contribution < 1.29 is 29.3 Å². The number of cyclic esters (lactones) is 1. The Morgan fingerprint density at radius 2 is 1.77 bits per heavy atom.